The molecular weight excluding hydrogens is 503 g/mol. The molecule has 1 aliphatic heterocycles. The Balaban J connectivity index is 1.33. The van der Waals surface area contributed by atoms with Gasteiger partial charge in [0.1, 0.15) is 5.82 Å². The zero-order chi connectivity index (χ0) is 23.7. The fourth-order valence-electron chi connectivity index (χ4n) is 4.15. The third-order valence-electron chi connectivity index (χ3n) is 5.84. The second kappa shape index (κ2) is 9.30. The van der Waals surface area contributed by atoms with E-state index >= 15 is 0 Å². The van der Waals surface area contributed by atoms with Crippen LogP contribution in [0.2, 0.25) is 0 Å². The van der Waals surface area contributed by atoms with Gasteiger partial charge in [0.25, 0.3) is 11.5 Å². The molecule has 0 aliphatic carbocycles. The lowest BCUT2D eigenvalue weighted by Crippen LogP contribution is -2.32. The van der Waals surface area contributed by atoms with Gasteiger partial charge >= 0.3 is 0 Å². The van der Waals surface area contributed by atoms with Crippen LogP contribution in [-0.4, -0.2) is 50.1 Å². The number of fused-ring (bicyclic) bond motifs is 1. The fourth-order valence-corrected chi connectivity index (χ4v) is 4.35. The number of benzene rings is 2. The van der Waals surface area contributed by atoms with E-state index in [9.17, 15) is 14.0 Å². The van der Waals surface area contributed by atoms with Gasteiger partial charge in [-0.2, -0.15) is 5.10 Å². The van der Waals surface area contributed by atoms with E-state index in [1.54, 1.807) is 41.6 Å². The fraction of sp³-hybridized carbons (Fsp3) is 0.208. The molecule has 34 heavy (non-hydrogen) atoms. The first-order valence-electron chi connectivity index (χ1n) is 10.8. The van der Waals surface area contributed by atoms with Crippen LogP contribution in [0.15, 0.2) is 64.1 Å². The van der Waals surface area contributed by atoms with Crippen molar-refractivity contribution in [3.05, 3.63) is 92.3 Å². The Hall–Kier alpha value is -3.66. The first-order chi connectivity index (χ1) is 16.5. The maximum atomic E-state index is 14.6. The number of carbonyl (C=O) groups is 1. The molecule has 8 nitrogen and oxygen atoms in total. The lowest BCUT2D eigenvalue weighted by Gasteiger charge is -2.18. The van der Waals surface area contributed by atoms with Crippen LogP contribution in [0.3, 0.4) is 0 Å². The van der Waals surface area contributed by atoms with Crippen LogP contribution in [-0.2, 0) is 6.42 Å². The van der Waals surface area contributed by atoms with E-state index in [4.69, 9.17) is 0 Å². The number of halogens is 2. The number of hydrogen-bond acceptors (Lipinski definition) is 6. The molecule has 0 unspecified atom stereocenters. The zero-order valence-corrected chi connectivity index (χ0v) is 19.5. The summed E-state index contributed by atoms with van der Waals surface area (Å²) in [7, 11) is 0. The van der Waals surface area contributed by atoms with Crippen molar-refractivity contribution >= 4 is 38.6 Å². The highest BCUT2D eigenvalue weighted by molar-refractivity contribution is 9.10. The van der Waals surface area contributed by atoms with Gasteiger partial charge < -0.3 is 10.2 Å². The van der Waals surface area contributed by atoms with Crippen molar-refractivity contribution in [3.8, 4) is 0 Å². The van der Waals surface area contributed by atoms with Gasteiger partial charge in [0, 0.05) is 43.3 Å². The number of carbonyl (C=O) groups excluding carboxylic acids is 1. The quantitative estimate of drug-likeness (QED) is 0.415. The highest BCUT2D eigenvalue weighted by atomic mass is 79.9. The van der Waals surface area contributed by atoms with Gasteiger partial charge in [-0.05, 0) is 46.1 Å². The lowest BCUT2D eigenvalue weighted by atomic mass is 10.0. The zero-order valence-electron chi connectivity index (χ0n) is 18.0. The van der Waals surface area contributed by atoms with Gasteiger partial charge in [-0.25, -0.2) is 19.5 Å². The van der Waals surface area contributed by atoms with Crippen LogP contribution in [0.4, 0.5) is 10.3 Å². The molecule has 0 saturated carbocycles. The van der Waals surface area contributed by atoms with E-state index in [1.807, 2.05) is 12.1 Å². The monoisotopic (exact) mass is 522 g/mol. The summed E-state index contributed by atoms with van der Waals surface area (Å²) >= 11 is 3.30. The number of hydrogen-bond donors (Lipinski definition) is 2. The summed E-state index contributed by atoms with van der Waals surface area (Å²) in [5.74, 6) is -0.448. The molecule has 1 aliphatic rings. The molecule has 5 rings (SSSR count). The summed E-state index contributed by atoms with van der Waals surface area (Å²) in [4.78, 5) is 35.2. The number of anilines is 1. The van der Waals surface area contributed by atoms with Crippen molar-refractivity contribution in [1.82, 2.24) is 25.1 Å². The molecule has 2 N–H and O–H groups in total. The van der Waals surface area contributed by atoms with Crippen LogP contribution in [0.25, 0.3) is 10.8 Å². The number of nitrogens with one attached hydrogen (secondary N) is 2. The van der Waals surface area contributed by atoms with Crippen molar-refractivity contribution in [1.29, 1.82) is 0 Å². The summed E-state index contributed by atoms with van der Waals surface area (Å²) in [6, 6.07) is 11.7. The molecule has 2 aromatic carbocycles. The first-order valence-corrected chi connectivity index (χ1v) is 11.6. The van der Waals surface area contributed by atoms with Gasteiger partial charge in [-0.1, -0.05) is 24.3 Å². The highest BCUT2D eigenvalue weighted by Gasteiger charge is 2.29. The van der Waals surface area contributed by atoms with Gasteiger partial charge in [0.15, 0.2) is 0 Å². The highest BCUT2D eigenvalue weighted by Crippen LogP contribution is 2.22. The minimum Gasteiger partial charge on any atom is -0.350 e. The second-order valence-corrected chi connectivity index (χ2v) is 9.06. The van der Waals surface area contributed by atoms with E-state index in [1.165, 1.54) is 6.07 Å². The molecule has 2 aromatic heterocycles. The molecule has 172 valence electrons. The Bertz CT molecular complexity index is 1430. The Labute approximate surface area is 202 Å². The molecule has 0 spiro atoms. The van der Waals surface area contributed by atoms with Crippen LogP contribution in [0.5, 0.6) is 0 Å². The van der Waals surface area contributed by atoms with Crippen molar-refractivity contribution in [3.63, 3.8) is 0 Å². The average Bonchev–Trinajstić information content (AvgIpc) is 3.32. The SMILES string of the molecule is O=C(c1cc(Cc2n[nH]c(=O)c3ccccc23)ccc1F)N1CC[C@@H](Nc2ncc(Br)cn2)C1. The minimum absolute atomic E-state index is 0.0202. The molecule has 1 fully saturated rings. The van der Waals surface area contributed by atoms with Gasteiger partial charge in [0.05, 0.1) is 21.1 Å². The number of aromatic nitrogens is 4. The number of likely N-dealkylation sites (tertiary alicyclic amines) is 1. The molecule has 1 atom stereocenters. The summed E-state index contributed by atoms with van der Waals surface area (Å²) in [6.45, 7) is 0.927. The van der Waals surface area contributed by atoms with E-state index in [0.717, 1.165) is 15.4 Å². The van der Waals surface area contributed by atoms with Crippen molar-refractivity contribution in [2.45, 2.75) is 18.9 Å². The minimum atomic E-state index is -0.569. The van der Waals surface area contributed by atoms with Crippen molar-refractivity contribution in [2.75, 3.05) is 18.4 Å². The third kappa shape index (κ3) is 4.54. The Morgan fingerprint density at radius 1 is 1.18 bits per heavy atom. The van der Waals surface area contributed by atoms with Crippen LogP contribution in [0.1, 0.15) is 28.0 Å². The molecule has 4 aromatic rings. The number of H-pyrrole nitrogens is 1. The van der Waals surface area contributed by atoms with Crippen LogP contribution in [0, 0.1) is 5.82 Å². The number of aromatic amines is 1. The van der Waals surface area contributed by atoms with E-state index in [-0.39, 0.29) is 23.1 Å². The normalized spacial score (nSPS) is 15.6. The maximum absolute atomic E-state index is 14.6. The van der Waals surface area contributed by atoms with Crippen molar-refractivity contribution in [2.24, 2.45) is 0 Å². The maximum Gasteiger partial charge on any atom is 0.272 e. The van der Waals surface area contributed by atoms with Gasteiger partial charge in [-0.3, -0.25) is 9.59 Å². The number of nitrogens with zero attached hydrogens (tertiary/aromatic N) is 4. The predicted octanol–water partition coefficient (Wildman–Crippen LogP) is 3.53. The van der Waals surface area contributed by atoms with E-state index in [2.05, 4.69) is 41.4 Å². The number of amides is 1. The summed E-state index contributed by atoms with van der Waals surface area (Å²) in [5, 5.41) is 11.2. The number of rotatable bonds is 5. The summed E-state index contributed by atoms with van der Waals surface area (Å²) < 4.78 is 15.4. The smallest absolute Gasteiger partial charge is 0.272 e. The van der Waals surface area contributed by atoms with E-state index in [0.29, 0.717) is 43.0 Å². The third-order valence-corrected chi connectivity index (χ3v) is 6.25. The molecule has 10 heteroatoms. The second-order valence-electron chi connectivity index (χ2n) is 8.14. The van der Waals surface area contributed by atoms with E-state index < -0.39 is 5.82 Å². The molecule has 1 amide bonds. The average molecular weight is 523 g/mol. The predicted molar refractivity (Wildman–Crippen MR) is 129 cm³/mol. The summed E-state index contributed by atoms with van der Waals surface area (Å²) in [6.07, 6.45) is 4.35. The Morgan fingerprint density at radius 2 is 1.94 bits per heavy atom. The molecule has 0 radical (unpaired) electrons. The molecule has 1 saturated heterocycles. The van der Waals surface area contributed by atoms with Crippen molar-refractivity contribution < 1.29 is 9.18 Å². The summed E-state index contributed by atoms with van der Waals surface area (Å²) in [5.41, 5.74) is 1.14. The van der Waals surface area contributed by atoms with Gasteiger partial charge in [0.2, 0.25) is 5.95 Å². The van der Waals surface area contributed by atoms with Gasteiger partial charge in [-0.15, -0.1) is 0 Å². The first kappa shape index (κ1) is 22.1. The lowest BCUT2D eigenvalue weighted by molar-refractivity contribution is 0.0787. The molecular formula is C24H20BrFN6O2. The topological polar surface area (TPSA) is 104 Å². The Kier molecular flexibility index (Phi) is 6.06. The largest absolute Gasteiger partial charge is 0.350 e. The molecule has 3 heterocycles. The standard InChI is InChI=1S/C24H20BrFN6O2/c25-15-11-27-24(28-12-15)29-16-7-8-32(13-16)23(34)19-9-14(5-6-20(19)26)10-21-17-3-1-2-4-18(17)22(33)31-30-21/h1-6,9,11-12,16H,7-8,10,13H2,(H,31,33)(H,27,28,29)/t16-/m1/s1. The van der Waals surface area contributed by atoms with Crippen LogP contribution >= 0.6 is 15.9 Å². The van der Waals surface area contributed by atoms with Crippen LogP contribution < -0.4 is 10.9 Å². The Morgan fingerprint density at radius 3 is 2.74 bits per heavy atom. The molecule has 0 bridgehead atoms.